The van der Waals surface area contributed by atoms with Gasteiger partial charge in [0.1, 0.15) is 11.5 Å². The second-order valence-corrected chi connectivity index (χ2v) is 8.98. The number of rotatable bonds is 11. The molecule has 1 atom stereocenters. The third kappa shape index (κ3) is 5.69. The third-order valence-corrected chi connectivity index (χ3v) is 6.33. The molecule has 3 N–H and O–H groups in total. The highest BCUT2D eigenvalue weighted by atomic mass is 32.2. The van der Waals surface area contributed by atoms with Gasteiger partial charge in [-0.05, 0) is 31.4 Å². The summed E-state index contributed by atoms with van der Waals surface area (Å²) in [7, 11) is 3.35. The average molecular weight is 497 g/mol. The number of unbranched alkanes of at least 4 members (excludes halogenated alkanes) is 1. The SMILES string of the molecule is COc1cc(Nc2nc3ccccc3nc2NS(=O)c2cn(C)cn2)c(CCCCO)c(OC)c1. The van der Waals surface area contributed by atoms with Crippen molar-refractivity contribution in [2.75, 3.05) is 30.9 Å². The van der Waals surface area contributed by atoms with E-state index in [4.69, 9.17) is 14.5 Å². The van der Waals surface area contributed by atoms with Crippen molar-refractivity contribution in [3.05, 3.63) is 54.5 Å². The van der Waals surface area contributed by atoms with Crippen LogP contribution >= 0.6 is 0 Å². The Kier molecular flexibility index (Phi) is 7.78. The number of benzene rings is 2. The largest absolute Gasteiger partial charge is 0.497 e. The molecule has 4 aromatic rings. The molecule has 2 aromatic carbocycles. The normalized spacial score (nSPS) is 11.9. The predicted molar refractivity (Wildman–Crippen MR) is 136 cm³/mol. The number of methoxy groups -OCH3 is 2. The molecule has 1 unspecified atom stereocenters. The maximum Gasteiger partial charge on any atom is 0.182 e. The number of imidazole rings is 1. The summed E-state index contributed by atoms with van der Waals surface area (Å²) >= 11 is 0. The maximum absolute atomic E-state index is 13.0. The zero-order valence-corrected chi connectivity index (χ0v) is 20.6. The zero-order valence-electron chi connectivity index (χ0n) is 19.8. The first-order valence-electron chi connectivity index (χ1n) is 11.1. The number of aliphatic hydroxyl groups excluding tert-OH is 1. The van der Waals surface area contributed by atoms with E-state index in [-0.39, 0.29) is 6.61 Å². The third-order valence-electron chi connectivity index (χ3n) is 5.36. The fraction of sp³-hybridized carbons (Fsp3) is 0.292. The summed E-state index contributed by atoms with van der Waals surface area (Å²) in [5.74, 6) is 1.98. The second kappa shape index (κ2) is 11.2. The van der Waals surface area contributed by atoms with Gasteiger partial charge in [-0.1, -0.05) is 12.1 Å². The Balaban J connectivity index is 1.77. The van der Waals surface area contributed by atoms with E-state index < -0.39 is 11.0 Å². The summed E-state index contributed by atoms with van der Waals surface area (Å²) in [6.07, 6.45) is 5.37. The van der Waals surface area contributed by atoms with Gasteiger partial charge in [0.2, 0.25) is 0 Å². The van der Waals surface area contributed by atoms with Crippen molar-refractivity contribution in [1.82, 2.24) is 19.5 Å². The maximum atomic E-state index is 13.0. The minimum absolute atomic E-state index is 0.116. The lowest BCUT2D eigenvalue weighted by molar-refractivity contribution is 0.284. The molecule has 2 heterocycles. The van der Waals surface area contributed by atoms with Gasteiger partial charge in [0.15, 0.2) is 27.6 Å². The minimum Gasteiger partial charge on any atom is -0.497 e. The van der Waals surface area contributed by atoms with E-state index >= 15 is 0 Å². The molecule has 0 fully saturated rings. The van der Waals surface area contributed by atoms with Gasteiger partial charge in [-0.15, -0.1) is 0 Å². The van der Waals surface area contributed by atoms with Gasteiger partial charge in [-0.25, -0.2) is 19.2 Å². The highest BCUT2D eigenvalue weighted by Gasteiger charge is 2.18. The molecule has 184 valence electrons. The lowest BCUT2D eigenvalue weighted by atomic mass is 10.0. The molecule has 11 heteroatoms. The Hall–Kier alpha value is -3.70. The Morgan fingerprint density at radius 3 is 2.43 bits per heavy atom. The Labute approximate surface area is 205 Å². The summed E-state index contributed by atoms with van der Waals surface area (Å²) in [6, 6.07) is 11.1. The highest BCUT2D eigenvalue weighted by Crippen LogP contribution is 2.36. The first kappa shape index (κ1) is 24.4. The van der Waals surface area contributed by atoms with Gasteiger partial charge < -0.3 is 24.5 Å². The summed E-state index contributed by atoms with van der Waals surface area (Å²) < 4.78 is 28.7. The molecule has 4 rings (SSSR count). The molecule has 0 amide bonds. The predicted octanol–water partition coefficient (Wildman–Crippen LogP) is 3.57. The summed E-state index contributed by atoms with van der Waals surface area (Å²) in [5.41, 5.74) is 2.97. The van der Waals surface area contributed by atoms with Gasteiger partial charge in [0.25, 0.3) is 0 Å². The number of fused-ring (bicyclic) bond motifs is 1. The van der Waals surface area contributed by atoms with E-state index in [0.717, 1.165) is 17.7 Å². The topological polar surface area (TPSA) is 123 Å². The van der Waals surface area contributed by atoms with Crippen LogP contribution in [0.2, 0.25) is 0 Å². The lowest BCUT2D eigenvalue weighted by Gasteiger charge is -2.18. The molecule has 0 radical (unpaired) electrons. The number of hydrogen-bond donors (Lipinski definition) is 3. The van der Waals surface area contributed by atoms with Crippen LogP contribution in [0.4, 0.5) is 17.3 Å². The van der Waals surface area contributed by atoms with E-state index in [2.05, 4.69) is 20.0 Å². The Morgan fingerprint density at radius 2 is 1.80 bits per heavy atom. The van der Waals surface area contributed by atoms with Gasteiger partial charge in [-0.2, -0.15) is 0 Å². The van der Waals surface area contributed by atoms with E-state index in [9.17, 15) is 9.32 Å². The number of ether oxygens (including phenoxy) is 2. The fourth-order valence-electron chi connectivity index (χ4n) is 3.61. The van der Waals surface area contributed by atoms with Crippen molar-refractivity contribution in [1.29, 1.82) is 0 Å². The number of anilines is 3. The average Bonchev–Trinajstić information content (AvgIpc) is 3.31. The fourth-order valence-corrected chi connectivity index (χ4v) is 4.44. The monoisotopic (exact) mass is 496 g/mol. The van der Waals surface area contributed by atoms with E-state index in [1.54, 1.807) is 31.3 Å². The Morgan fingerprint density at radius 1 is 1.06 bits per heavy atom. The molecule has 35 heavy (non-hydrogen) atoms. The molecule has 0 saturated heterocycles. The molecule has 10 nitrogen and oxygen atoms in total. The zero-order chi connectivity index (χ0) is 24.8. The molecule has 2 aromatic heterocycles. The quantitative estimate of drug-likeness (QED) is 0.269. The van der Waals surface area contributed by atoms with Crippen molar-refractivity contribution in [2.45, 2.75) is 24.3 Å². The molecular weight excluding hydrogens is 468 g/mol. The van der Waals surface area contributed by atoms with E-state index in [0.29, 0.717) is 52.0 Å². The van der Waals surface area contributed by atoms with Crippen molar-refractivity contribution in [3.8, 4) is 11.5 Å². The van der Waals surface area contributed by atoms with Crippen LogP contribution in [0.15, 0.2) is 53.9 Å². The van der Waals surface area contributed by atoms with E-state index in [1.807, 2.05) is 43.4 Å². The van der Waals surface area contributed by atoms with Crippen LogP contribution in [0.1, 0.15) is 18.4 Å². The standard InChI is InChI=1S/C24H28N6O4S/c1-30-14-22(25-15-30)35(32)29-24-23(26-18-9-4-5-10-19(18)27-24)28-20-12-16(33-2)13-21(34-3)17(20)8-6-7-11-31/h4-5,9-10,12-15,31H,6-8,11H2,1-3H3,(H,26,28)(H,27,29). The molecule has 0 aliphatic carbocycles. The van der Waals surface area contributed by atoms with Crippen molar-refractivity contribution in [3.63, 3.8) is 0 Å². The first-order valence-corrected chi connectivity index (χ1v) is 12.2. The lowest BCUT2D eigenvalue weighted by Crippen LogP contribution is -2.11. The number of aryl methyl sites for hydroxylation is 1. The molecule has 0 bridgehead atoms. The molecule has 0 saturated carbocycles. The number of hydrogen-bond acceptors (Lipinski definition) is 8. The van der Waals surface area contributed by atoms with Crippen LogP contribution < -0.4 is 19.5 Å². The van der Waals surface area contributed by atoms with Gasteiger partial charge in [0.05, 0.1) is 37.3 Å². The van der Waals surface area contributed by atoms with E-state index in [1.165, 1.54) is 0 Å². The second-order valence-electron chi connectivity index (χ2n) is 7.82. The number of aromatic nitrogens is 4. The van der Waals surface area contributed by atoms with Crippen molar-refractivity contribution >= 4 is 39.3 Å². The number of nitrogens with one attached hydrogen (secondary N) is 2. The molecule has 0 aliphatic rings. The summed E-state index contributed by atoms with van der Waals surface area (Å²) in [6.45, 7) is 0.116. The number of para-hydroxylation sites is 2. The number of nitrogens with zero attached hydrogens (tertiary/aromatic N) is 4. The number of aliphatic hydroxyl groups is 1. The van der Waals surface area contributed by atoms with Gasteiger partial charge in [-0.3, -0.25) is 4.72 Å². The molecule has 0 aliphatic heterocycles. The minimum atomic E-state index is -1.65. The van der Waals surface area contributed by atoms with Crippen molar-refractivity contribution in [2.24, 2.45) is 7.05 Å². The van der Waals surface area contributed by atoms with Crippen LogP contribution in [-0.2, 0) is 24.5 Å². The van der Waals surface area contributed by atoms with Crippen LogP contribution in [0.5, 0.6) is 11.5 Å². The Bertz CT molecular complexity index is 1340. The van der Waals surface area contributed by atoms with Crippen LogP contribution in [-0.4, -0.2) is 49.7 Å². The van der Waals surface area contributed by atoms with Crippen molar-refractivity contribution < 1.29 is 18.8 Å². The molecular formula is C24H28N6O4S. The summed E-state index contributed by atoms with van der Waals surface area (Å²) in [4.78, 5) is 13.6. The van der Waals surface area contributed by atoms with Gasteiger partial charge in [0, 0.05) is 37.5 Å². The smallest absolute Gasteiger partial charge is 0.182 e. The van der Waals surface area contributed by atoms with Gasteiger partial charge >= 0.3 is 0 Å². The van der Waals surface area contributed by atoms with Crippen LogP contribution in [0, 0.1) is 0 Å². The molecule has 0 spiro atoms. The van der Waals surface area contributed by atoms with Crippen LogP contribution in [0.3, 0.4) is 0 Å². The first-order chi connectivity index (χ1) is 17.0. The van der Waals surface area contributed by atoms with Crippen LogP contribution in [0.25, 0.3) is 11.0 Å². The highest BCUT2D eigenvalue weighted by molar-refractivity contribution is 7.86. The summed E-state index contributed by atoms with van der Waals surface area (Å²) in [5, 5.41) is 13.0.